The lowest BCUT2D eigenvalue weighted by Gasteiger charge is -2.07. The zero-order valence-electron chi connectivity index (χ0n) is 19.4. The first kappa shape index (κ1) is 24.6. The summed E-state index contributed by atoms with van der Waals surface area (Å²) >= 11 is 1.20. The Hall–Kier alpha value is -4.51. The number of ether oxygens (including phenoxy) is 2. The molecular formula is C25H22N4O6S. The third-order valence-corrected chi connectivity index (χ3v) is 6.25. The van der Waals surface area contributed by atoms with Gasteiger partial charge in [0.05, 0.1) is 25.2 Å². The molecule has 2 aromatic carbocycles. The molecule has 36 heavy (non-hydrogen) atoms. The fourth-order valence-corrected chi connectivity index (χ4v) is 4.39. The quantitative estimate of drug-likeness (QED) is 0.312. The molecule has 4 rings (SSSR count). The highest BCUT2D eigenvalue weighted by atomic mass is 32.1. The third kappa shape index (κ3) is 5.41. The summed E-state index contributed by atoms with van der Waals surface area (Å²) in [5.41, 5.74) is 1.62. The van der Waals surface area contributed by atoms with Gasteiger partial charge in [0.2, 0.25) is 5.82 Å². The second kappa shape index (κ2) is 10.8. The normalized spacial score (nSPS) is 10.6. The first-order valence-electron chi connectivity index (χ1n) is 10.8. The Kier molecular flexibility index (Phi) is 7.40. The number of rotatable bonds is 8. The predicted molar refractivity (Wildman–Crippen MR) is 133 cm³/mol. The number of hydrogen-bond donors (Lipinski definition) is 3. The highest BCUT2D eigenvalue weighted by Crippen LogP contribution is 2.21. The van der Waals surface area contributed by atoms with Gasteiger partial charge < -0.3 is 25.1 Å². The maximum absolute atomic E-state index is 12.7. The molecule has 0 saturated heterocycles. The van der Waals surface area contributed by atoms with Crippen LogP contribution >= 0.6 is 11.3 Å². The Morgan fingerprint density at radius 3 is 2.42 bits per heavy atom. The first-order valence-corrected chi connectivity index (χ1v) is 11.7. The van der Waals surface area contributed by atoms with Crippen molar-refractivity contribution in [3.05, 3.63) is 92.3 Å². The molecule has 2 aromatic heterocycles. The van der Waals surface area contributed by atoms with Gasteiger partial charge in [0, 0.05) is 18.7 Å². The molecular weight excluding hydrogens is 484 g/mol. The summed E-state index contributed by atoms with van der Waals surface area (Å²) in [6.45, 7) is 0.323. The molecule has 0 saturated carbocycles. The number of methoxy groups -OCH3 is 2. The highest BCUT2D eigenvalue weighted by molar-refractivity contribution is 7.16. The second-order valence-electron chi connectivity index (χ2n) is 7.64. The number of hydrogen-bond acceptors (Lipinski definition) is 8. The molecule has 2 amide bonds. The standard InChI is InChI=1S/C25H22N4O6S/c1-34-18-5-3-4-14(10-18)11-26-23(32)20-28-22(31)19-17(13-36-24(19)29-20)12-27-21(30)15-6-8-16(9-7-15)25(33)35-2/h3-10,13H,11-12H2,1-2H3,(H,26,32)(H,27,30)(H,28,29,31). The van der Waals surface area contributed by atoms with Crippen molar-refractivity contribution in [2.24, 2.45) is 0 Å². The van der Waals surface area contributed by atoms with Crippen LogP contribution in [0.4, 0.5) is 0 Å². The summed E-state index contributed by atoms with van der Waals surface area (Å²) in [5.74, 6) is -0.810. The van der Waals surface area contributed by atoms with Crippen LogP contribution in [0.25, 0.3) is 10.2 Å². The number of benzene rings is 2. The van der Waals surface area contributed by atoms with Gasteiger partial charge in [0.15, 0.2) is 0 Å². The molecule has 0 aliphatic carbocycles. The highest BCUT2D eigenvalue weighted by Gasteiger charge is 2.16. The van der Waals surface area contributed by atoms with Gasteiger partial charge in [0.1, 0.15) is 10.6 Å². The van der Waals surface area contributed by atoms with E-state index in [4.69, 9.17) is 4.74 Å². The smallest absolute Gasteiger partial charge is 0.337 e. The van der Waals surface area contributed by atoms with E-state index in [0.717, 1.165) is 5.56 Å². The lowest BCUT2D eigenvalue weighted by atomic mass is 10.1. The summed E-state index contributed by atoms with van der Waals surface area (Å²) in [4.78, 5) is 56.6. The van der Waals surface area contributed by atoms with Crippen molar-refractivity contribution in [3.63, 3.8) is 0 Å². The number of carbonyl (C=O) groups is 3. The molecule has 0 bridgehead atoms. The molecule has 0 atom stereocenters. The summed E-state index contributed by atoms with van der Waals surface area (Å²) in [6.07, 6.45) is 0. The lowest BCUT2D eigenvalue weighted by Crippen LogP contribution is -2.28. The van der Waals surface area contributed by atoms with E-state index in [9.17, 15) is 19.2 Å². The number of H-pyrrole nitrogens is 1. The molecule has 2 heterocycles. The van der Waals surface area contributed by atoms with Crippen LogP contribution in [0.2, 0.25) is 0 Å². The minimum absolute atomic E-state index is 0.0870. The Balaban J connectivity index is 1.43. The molecule has 3 N–H and O–H groups in total. The van der Waals surface area contributed by atoms with Gasteiger partial charge in [-0.25, -0.2) is 9.78 Å². The molecule has 11 heteroatoms. The maximum atomic E-state index is 12.7. The van der Waals surface area contributed by atoms with Crippen LogP contribution in [0.15, 0.2) is 58.7 Å². The SMILES string of the molecule is COC(=O)c1ccc(C(=O)NCc2csc3nc(C(=O)NCc4cccc(OC)c4)[nH]c(=O)c23)cc1. The molecule has 10 nitrogen and oxygen atoms in total. The number of nitrogens with one attached hydrogen (secondary N) is 3. The third-order valence-electron chi connectivity index (χ3n) is 5.33. The zero-order chi connectivity index (χ0) is 25.7. The van der Waals surface area contributed by atoms with E-state index in [1.165, 1.54) is 42.7 Å². The Labute approximate surface area is 209 Å². The molecule has 0 aliphatic heterocycles. The van der Waals surface area contributed by atoms with Crippen LogP contribution in [-0.2, 0) is 17.8 Å². The first-order chi connectivity index (χ1) is 17.4. The van der Waals surface area contributed by atoms with E-state index in [2.05, 4.69) is 25.3 Å². The molecule has 184 valence electrons. The number of aromatic amines is 1. The van der Waals surface area contributed by atoms with Gasteiger partial charge in [-0.2, -0.15) is 0 Å². The van der Waals surface area contributed by atoms with Crippen LogP contribution in [-0.4, -0.2) is 42.0 Å². The van der Waals surface area contributed by atoms with Gasteiger partial charge in [-0.1, -0.05) is 12.1 Å². The van der Waals surface area contributed by atoms with E-state index in [-0.39, 0.29) is 24.8 Å². The minimum Gasteiger partial charge on any atom is -0.497 e. The van der Waals surface area contributed by atoms with E-state index >= 15 is 0 Å². The summed E-state index contributed by atoms with van der Waals surface area (Å²) in [7, 11) is 2.84. The summed E-state index contributed by atoms with van der Waals surface area (Å²) in [6, 6.07) is 13.3. The number of esters is 1. The van der Waals surface area contributed by atoms with Crippen LogP contribution in [0.3, 0.4) is 0 Å². The molecule has 4 aromatic rings. The van der Waals surface area contributed by atoms with Crippen LogP contribution < -0.4 is 20.9 Å². The van der Waals surface area contributed by atoms with Crippen LogP contribution in [0.5, 0.6) is 5.75 Å². The number of carbonyl (C=O) groups excluding carboxylic acids is 3. The number of aromatic nitrogens is 2. The van der Waals surface area contributed by atoms with E-state index < -0.39 is 17.4 Å². The van der Waals surface area contributed by atoms with Gasteiger partial charge in [-0.3, -0.25) is 14.4 Å². The Bertz CT molecular complexity index is 1490. The van der Waals surface area contributed by atoms with E-state index in [1.54, 1.807) is 24.6 Å². The van der Waals surface area contributed by atoms with E-state index in [0.29, 0.717) is 32.7 Å². The molecule has 0 unspecified atom stereocenters. The van der Waals surface area contributed by atoms with Crippen molar-refractivity contribution in [1.82, 2.24) is 20.6 Å². The van der Waals surface area contributed by atoms with Gasteiger partial charge in [-0.15, -0.1) is 11.3 Å². The molecule has 0 fully saturated rings. The number of fused-ring (bicyclic) bond motifs is 1. The Morgan fingerprint density at radius 2 is 1.69 bits per heavy atom. The topological polar surface area (TPSA) is 139 Å². The van der Waals surface area contributed by atoms with Gasteiger partial charge in [-0.05, 0) is 52.9 Å². The minimum atomic E-state index is -0.518. The van der Waals surface area contributed by atoms with Crippen molar-refractivity contribution in [1.29, 1.82) is 0 Å². The van der Waals surface area contributed by atoms with E-state index in [1.807, 2.05) is 12.1 Å². The van der Waals surface area contributed by atoms with Crippen molar-refractivity contribution in [2.45, 2.75) is 13.1 Å². The summed E-state index contributed by atoms with van der Waals surface area (Å²) in [5, 5.41) is 7.50. The van der Waals surface area contributed by atoms with Crippen LogP contribution in [0.1, 0.15) is 42.5 Å². The average molecular weight is 507 g/mol. The van der Waals surface area contributed by atoms with Crippen molar-refractivity contribution in [3.8, 4) is 5.75 Å². The average Bonchev–Trinajstić information content (AvgIpc) is 3.33. The second-order valence-corrected chi connectivity index (χ2v) is 8.50. The fourth-order valence-electron chi connectivity index (χ4n) is 3.45. The largest absolute Gasteiger partial charge is 0.497 e. The van der Waals surface area contributed by atoms with Crippen molar-refractivity contribution < 1.29 is 23.9 Å². The monoisotopic (exact) mass is 506 g/mol. The molecule has 0 spiro atoms. The molecule has 0 radical (unpaired) electrons. The number of thiophene rings is 1. The Morgan fingerprint density at radius 1 is 0.972 bits per heavy atom. The van der Waals surface area contributed by atoms with Gasteiger partial charge in [0.25, 0.3) is 17.4 Å². The molecule has 0 aliphatic rings. The predicted octanol–water partition coefficient (Wildman–Crippen LogP) is 2.64. The summed E-state index contributed by atoms with van der Waals surface area (Å²) < 4.78 is 9.82. The maximum Gasteiger partial charge on any atom is 0.337 e. The zero-order valence-corrected chi connectivity index (χ0v) is 20.2. The number of nitrogens with zero attached hydrogens (tertiary/aromatic N) is 1. The van der Waals surface area contributed by atoms with Gasteiger partial charge >= 0.3 is 5.97 Å². The number of amides is 2. The lowest BCUT2D eigenvalue weighted by molar-refractivity contribution is 0.0600. The van der Waals surface area contributed by atoms with Crippen molar-refractivity contribution >= 4 is 39.3 Å². The van der Waals surface area contributed by atoms with Crippen molar-refractivity contribution in [2.75, 3.05) is 14.2 Å². The van der Waals surface area contributed by atoms with Crippen LogP contribution in [0, 0.1) is 0 Å². The fraction of sp³-hybridized carbons (Fsp3) is 0.160.